The summed E-state index contributed by atoms with van der Waals surface area (Å²) in [6, 6.07) is 11.2. The lowest BCUT2D eigenvalue weighted by molar-refractivity contribution is -0.146. The van der Waals surface area contributed by atoms with E-state index in [-0.39, 0.29) is 13.0 Å². The van der Waals surface area contributed by atoms with Gasteiger partial charge in [-0.1, -0.05) is 12.1 Å². The SMILES string of the molecule is CCOC(=O)C(C)(CCc1ccc(OCc2ccncc2)cc1)S(C)(=O)=O. The Labute approximate surface area is 160 Å². The minimum atomic E-state index is -3.61. The fourth-order valence-electron chi connectivity index (χ4n) is 2.50. The zero-order valence-corrected chi connectivity index (χ0v) is 16.7. The molecule has 1 aromatic carbocycles. The van der Waals surface area contributed by atoms with E-state index in [1.165, 1.54) is 6.92 Å². The number of benzene rings is 1. The first kappa shape index (κ1) is 20.9. The van der Waals surface area contributed by atoms with Gasteiger partial charge in [-0.2, -0.15) is 0 Å². The van der Waals surface area contributed by atoms with E-state index in [0.717, 1.165) is 17.4 Å². The van der Waals surface area contributed by atoms with Crippen LogP contribution in [-0.4, -0.2) is 37.0 Å². The molecule has 0 aliphatic rings. The van der Waals surface area contributed by atoms with Crippen LogP contribution in [0.1, 0.15) is 31.4 Å². The Morgan fingerprint density at radius 3 is 2.26 bits per heavy atom. The van der Waals surface area contributed by atoms with Gasteiger partial charge in [-0.05, 0) is 62.1 Å². The highest BCUT2D eigenvalue weighted by Gasteiger charge is 2.44. The molecular weight excluding hydrogens is 366 g/mol. The summed E-state index contributed by atoms with van der Waals surface area (Å²) in [6.45, 7) is 3.67. The molecule has 2 rings (SSSR count). The van der Waals surface area contributed by atoms with Gasteiger partial charge < -0.3 is 9.47 Å². The van der Waals surface area contributed by atoms with Gasteiger partial charge in [0.05, 0.1) is 6.61 Å². The van der Waals surface area contributed by atoms with Crippen LogP contribution in [-0.2, 0) is 32.4 Å². The second kappa shape index (κ2) is 8.99. The number of carbonyl (C=O) groups is 1. The summed E-state index contributed by atoms with van der Waals surface area (Å²) in [7, 11) is -3.61. The van der Waals surface area contributed by atoms with Crippen LogP contribution in [0.4, 0.5) is 0 Å². The van der Waals surface area contributed by atoms with Crippen molar-refractivity contribution in [1.29, 1.82) is 0 Å². The lowest BCUT2D eigenvalue weighted by Crippen LogP contribution is -2.44. The molecule has 1 unspecified atom stereocenters. The van der Waals surface area contributed by atoms with Gasteiger partial charge in [0, 0.05) is 18.6 Å². The van der Waals surface area contributed by atoms with Gasteiger partial charge in [0.2, 0.25) is 0 Å². The van der Waals surface area contributed by atoms with E-state index >= 15 is 0 Å². The minimum absolute atomic E-state index is 0.146. The second-order valence-corrected chi connectivity index (χ2v) is 8.96. The molecule has 27 heavy (non-hydrogen) atoms. The molecule has 0 aliphatic heterocycles. The van der Waals surface area contributed by atoms with Crippen molar-refractivity contribution < 1.29 is 22.7 Å². The first-order chi connectivity index (χ1) is 12.8. The summed E-state index contributed by atoms with van der Waals surface area (Å²) in [5.41, 5.74) is 1.94. The number of hydrogen-bond acceptors (Lipinski definition) is 6. The number of rotatable bonds is 9. The maximum absolute atomic E-state index is 12.2. The van der Waals surface area contributed by atoms with Crippen LogP contribution in [0.3, 0.4) is 0 Å². The number of nitrogens with zero attached hydrogens (tertiary/aromatic N) is 1. The number of sulfone groups is 1. The molecule has 1 aromatic heterocycles. The molecular formula is C20H25NO5S. The third-order valence-electron chi connectivity index (χ3n) is 4.49. The third-order valence-corrected chi connectivity index (χ3v) is 6.50. The smallest absolute Gasteiger partial charge is 0.327 e. The number of aromatic nitrogens is 1. The van der Waals surface area contributed by atoms with Crippen LogP contribution in [0, 0.1) is 0 Å². The van der Waals surface area contributed by atoms with Crippen LogP contribution in [0.5, 0.6) is 5.75 Å². The van der Waals surface area contributed by atoms with Crippen molar-refractivity contribution in [2.45, 2.75) is 38.0 Å². The summed E-state index contributed by atoms with van der Waals surface area (Å²) < 4.78 is 33.4. The molecule has 1 heterocycles. The lowest BCUT2D eigenvalue weighted by atomic mass is 10.00. The zero-order valence-electron chi connectivity index (χ0n) is 15.8. The predicted molar refractivity (Wildman–Crippen MR) is 103 cm³/mol. The Kier molecular flexibility index (Phi) is 6.96. The summed E-state index contributed by atoms with van der Waals surface area (Å²) in [5.74, 6) is 0.0108. The van der Waals surface area contributed by atoms with Crippen molar-refractivity contribution in [1.82, 2.24) is 4.98 Å². The van der Waals surface area contributed by atoms with E-state index < -0.39 is 20.6 Å². The maximum atomic E-state index is 12.2. The molecule has 0 saturated heterocycles. The molecule has 0 spiro atoms. The Morgan fingerprint density at radius 2 is 1.70 bits per heavy atom. The van der Waals surface area contributed by atoms with Gasteiger partial charge in [0.25, 0.3) is 0 Å². The normalized spacial score (nSPS) is 13.6. The number of ether oxygens (including phenoxy) is 2. The summed E-state index contributed by atoms with van der Waals surface area (Å²) in [4.78, 5) is 16.1. The molecule has 0 saturated carbocycles. The first-order valence-electron chi connectivity index (χ1n) is 8.73. The topological polar surface area (TPSA) is 82.6 Å². The molecule has 6 nitrogen and oxygen atoms in total. The molecule has 7 heteroatoms. The fourth-order valence-corrected chi connectivity index (χ4v) is 3.34. The maximum Gasteiger partial charge on any atom is 0.327 e. The molecule has 146 valence electrons. The Morgan fingerprint density at radius 1 is 1.07 bits per heavy atom. The van der Waals surface area contributed by atoms with Crippen molar-refractivity contribution in [3.8, 4) is 5.75 Å². The third kappa shape index (κ3) is 5.53. The van der Waals surface area contributed by atoms with Gasteiger partial charge in [-0.15, -0.1) is 0 Å². The number of hydrogen-bond donors (Lipinski definition) is 0. The lowest BCUT2D eigenvalue weighted by Gasteiger charge is -2.25. The van der Waals surface area contributed by atoms with Crippen molar-refractivity contribution in [3.63, 3.8) is 0 Å². The molecule has 0 radical (unpaired) electrons. The largest absolute Gasteiger partial charge is 0.489 e. The Bertz CT molecular complexity index is 850. The Hall–Kier alpha value is -2.41. The quantitative estimate of drug-likeness (QED) is 0.611. The van der Waals surface area contributed by atoms with E-state index in [1.807, 2.05) is 36.4 Å². The highest BCUT2D eigenvalue weighted by molar-refractivity contribution is 7.92. The molecule has 0 N–H and O–H groups in total. The molecule has 1 atom stereocenters. The highest BCUT2D eigenvalue weighted by Crippen LogP contribution is 2.26. The number of esters is 1. The number of pyridine rings is 1. The number of carbonyl (C=O) groups excluding carboxylic acids is 1. The van der Waals surface area contributed by atoms with Crippen LogP contribution in [0.25, 0.3) is 0 Å². The van der Waals surface area contributed by atoms with Gasteiger partial charge in [-0.25, -0.2) is 8.42 Å². The molecule has 0 aliphatic carbocycles. The average Bonchev–Trinajstić information content (AvgIpc) is 2.65. The van der Waals surface area contributed by atoms with E-state index in [4.69, 9.17) is 9.47 Å². The standard InChI is InChI=1S/C20H25NO5S/c1-4-25-19(22)20(2,27(3,23)24)12-9-16-5-7-18(8-6-16)26-15-17-10-13-21-14-11-17/h5-8,10-11,13-14H,4,9,12,15H2,1-3H3. The monoisotopic (exact) mass is 391 g/mol. The molecule has 0 amide bonds. The summed E-state index contributed by atoms with van der Waals surface area (Å²) in [6.07, 6.45) is 5.09. The molecule has 0 bridgehead atoms. The van der Waals surface area contributed by atoms with E-state index in [9.17, 15) is 13.2 Å². The molecule has 0 fully saturated rings. The van der Waals surface area contributed by atoms with E-state index in [1.54, 1.807) is 19.3 Å². The van der Waals surface area contributed by atoms with Crippen LogP contribution in [0.15, 0.2) is 48.8 Å². The van der Waals surface area contributed by atoms with Gasteiger partial charge >= 0.3 is 5.97 Å². The van der Waals surface area contributed by atoms with Gasteiger partial charge in [0.1, 0.15) is 12.4 Å². The predicted octanol–water partition coefficient (Wildman–Crippen LogP) is 2.96. The van der Waals surface area contributed by atoms with Gasteiger partial charge in [-0.3, -0.25) is 9.78 Å². The van der Waals surface area contributed by atoms with E-state index in [0.29, 0.717) is 18.8 Å². The Balaban J connectivity index is 1.99. The fraction of sp³-hybridized carbons (Fsp3) is 0.400. The van der Waals surface area contributed by atoms with Crippen LogP contribution >= 0.6 is 0 Å². The second-order valence-electron chi connectivity index (χ2n) is 6.51. The van der Waals surface area contributed by atoms with Crippen molar-refractivity contribution >= 4 is 15.8 Å². The average molecular weight is 391 g/mol. The first-order valence-corrected chi connectivity index (χ1v) is 10.6. The molecule has 2 aromatic rings. The number of aryl methyl sites for hydroxylation is 1. The van der Waals surface area contributed by atoms with Crippen LogP contribution in [0.2, 0.25) is 0 Å². The summed E-state index contributed by atoms with van der Waals surface area (Å²) >= 11 is 0. The highest BCUT2D eigenvalue weighted by atomic mass is 32.2. The minimum Gasteiger partial charge on any atom is -0.489 e. The van der Waals surface area contributed by atoms with Gasteiger partial charge in [0.15, 0.2) is 14.6 Å². The van der Waals surface area contributed by atoms with Crippen molar-refractivity contribution in [3.05, 3.63) is 59.9 Å². The zero-order chi connectivity index (χ0) is 19.9. The van der Waals surface area contributed by atoms with Crippen molar-refractivity contribution in [2.24, 2.45) is 0 Å². The van der Waals surface area contributed by atoms with Crippen LogP contribution < -0.4 is 4.74 Å². The van der Waals surface area contributed by atoms with Crippen molar-refractivity contribution in [2.75, 3.05) is 12.9 Å². The summed E-state index contributed by atoms with van der Waals surface area (Å²) in [5, 5.41) is 0. The van der Waals surface area contributed by atoms with E-state index in [2.05, 4.69) is 4.98 Å².